The molecule has 11 heteroatoms. The molecular weight excluding hydrogens is 418 g/mol. The Morgan fingerprint density at radius 2 is 1.84 bits per heavy atom. The molecule has 0 fully saturated rings. The molecule has 0 bridgehead atoms. The standard InChI is InChI=1S/C20H23F4N5O2/c1-18(2,3)31-17(30)26-19(4,5)11-29-14(9-15(27-29)20(22,23)24)12-8-13(21)16-25-6-7-28(16)10-12/h6-10H,11H2,1-5H3,(H,26,30). The SMILES string of the molecule is CC(C)(Cn1nc(C(F)(F)F)cc1-c1cc(F)c2nccn2c1)NC(=O)OC(C)(C)C. The number of imidazole rings is 1. The van der Waals surface area contributed by atoms with Crippen molar-refractivity contribution in [3.05, 3.63) is 42.2 Å². The van der Waals surface area contributed by atoms with Crippen LogP contribution in [0.2, 0.25) is 0 Å². The van der Waals surface area contributed by atoms with Crippen LogP contribution in [-0.2, 0) is 17.5 Å². The molecule has 0 spiro atoms. The highest BCUT2D eigenvalue weighted by atomic mass is 19.4. The molecule has 1 amide bonds. The molecule has 0 unspecified atom stereocenters. The number of nitrogens with zero attached hydrogens (tertiary/aromatic N) is 4. The number of rotatable bonds is 4. The lowest BCUT2D eigenvalue weighted by atomic mass is 10.1. The lowest BCUT2D eigenvalue weighted by Crippen LogP contribution is -2.48. The second-order valence-electron chi connectivity index (χ2n) is 8.82. The third-order valence-corrected chi connectivity index (χ3v) is 4.19. The van der Waals surface area contributed by atoms with Crippen LogP contribution in [0.3, 0.4) is 0 Å². The van der Waals surface area contributed by atoms with Crippen molar-refractivity contribution in [2.45, 2.75) is 58.5 Å². The molecule has 168 valence electrons. The molecule has 0 aliphatic rings. The quantitative estimate of drug-likeness (QED) is 0.598. The van der Waals surface area contributed by atoms with E-state index in [1.807, 2.05) is 0 Å². The number of nitrogens with one attached hydrogen (secondary N) is 1. The summed E-state index contributed by atoms with van der Waals surface area (Å²) in [6, 6.07) is 1.95. The number of hydrogen-bond acceptors (Lipinski definition) is 4. The van der Waals surface area contributed by atoms with Crippen molar-refractivity contribution in [2.24, 2.45) is 0 Å². The van der Waals surface area contributed by atoms with Crippen LogP contribution in [0.4, 0.5) is 22.4 Å². The number of carbonyl (C=O) groups excluding carboxylic acids is 1. The number of hydrogen-bond donors (Lipinski definition) is 1. The van der Waals surface area contributed by atoms with Crippen molar-refractivity contribution in [2.75, 3.05) is 0 Å². The van der Waals surface area contributed by atoms with Gasteiger partial charge in [-0.1, -0.05) is 0 Å². The summed E-state index contributed by atoms with van der Waals surface area (Å²) >= 11 is 0. The first-order chi connectivity index (χ1) is 14.1. The number of ether oxygens (including phenoxy) is 1. The second kappa shape index (κ2) is 7.54. The largest absolute Gasteiger partial charge is 0.444 e. The van der Waals surface area contributed by atoms with Crippen LogP contribution in [0.1, 0.15) is 40.3 Å². The molecular formula is C20H23F4N5O2. The number of alkyl carbamates (subject to hydrolysis) is 1. The highest BCUT2D eigenvalue weighted by molar-refractivity contribution is 5.68. The van der Waals surface area contributed by atoms with Crippen LogP contribution in [0.15, 0.2) is 30.7 Å². The zero-order valence-corrected chi connectivity index (χ0v) is 17.7. The summed E-state index contributed by atoms with van der Waals surface area (Å²) in [4.78, 5) is 16.0. The Hall–Kier alpha value is -3.11. The maximum absolute atomic E-state index is 14.4. The Labute approximate surface area is 176 Å². The first kappa shape index (κ1) is 22.6. The summed E-state index contributed by atoms with van der Waals surface area (Å²) in [5.41, 5.74) is -2.61. The molecule has 0 aromatic carbocycles. The van der Waals surface area contributed by atoms with Crippen molar-refractivity contribution in [1.29, 1.82) is 0 Å². The van der Waals surface area contributed by atoms with Gasteiger partial charge in [0.25, 0.3) is 0 Å². The summed E-state index contributed by atoms with van der Waals surface area (Å²) in [6.45, 7) is 8.20. The summed E-state index contributed by atoms with van der Waals surface area (Å²) in [7, 11) is 0. The molecule has 3 rings (SSSR count). The number of carbonyl (C=O) groups is 1. The number of amides is 1. The average Bonchev–Trinajstić information content (AvgIpc) is 3.18. The van der Waals surface area contributed by atoms with Gasteiger partial charge < -0.3 is 14.5 Å². The van der Waals surface area contributed by atoms with Crippen molar-refractivity contribution in [3.8, 4) is 11.3 Å². The number of fused-ring (bicyclic) bond motifs is 1. The molecule has 1 N–H and O–H groups in total. The fourth-order valence-corrected chi connectivity index (χ4v) is 3.03. The van der Waals surface area contributed by atoms with Crippen LogP contribution in [-0.4, -0.2) is 36.4 Å². The van der Waals surface area contributed by atoms with Crippen molar-refractivity contribution >= 4 is 11.7 Å². The first-order valence-corrected chi connectivity index (χ1v) is 9.43. The van der Waals surface area contributed by atoms with Gasteiger partial charge in [0.2, 0.25) is 0 Å². The number of aromatic nitrogens is 4. The van der Waals surface area contributed by atoms with E-state index in [0.29, 0.717) is 0 Å². The Morgan fingerprint density at radius 1 is 1.16 bits per heavy atom. The van der Waals surface area contributed by atoms with Crippen molar-refractivity contribution < 1.29 is 27.1 Å². The van der Waals surface area contributed by atoms with Gasteiger partial charge in [-0.15, -0.1) is 0 Å². The van der Waals surface area contributed by atoms with Crippen molar-refractivity contribution in [3.63, 3.8) is 0 Å². The number of halogens is 4. The Morgan fingerprint density at radius 3 is 2.45 bits per heavy atom. The van der Waals surface area contributed by atoms with Gasteiger partial charge in [0.1, 0.15) is 5.60 Å². The predicted molar refractivity (Wildman–Crippen MR) is 105 cm³/mol. The summed E-state index contributed by atoms with van der Waals surface area (Å²) in [5, 5.41) is 6.31. The molecule has 0 atom stereocenters. The van der Waals surface area contributed by atoms with Crippen molar-refractivity contribution in [1.82, 2.24) is 24.5 Å². The van der Waals surface area contributed by atoms with E-state index in [2.05, 4.69) is 15.4 Å². The molecule has 31 heavy (non-hydrogen) atoms. The van der Waals surface area contributed by atoms with E-state index in [-0.39, 0.29) is 23.4 Å². The summed E-state index contributed by atoms with van der Waals surface area (Å²) in [5.74, 6) is -0.685. The number of alkyl halides is 3. The van der Waals surface area contributed by atoms with Gasteiger partial charge in [-0.2, -0.15) is 18.3 Å². The maximum atomic E-state index is 14.4. The fraction of sp³-hybridized carbons (Fsp3) is 0.450. The Balaban J connectivity index is 1.99. The van der Waals surface area contributed by atoms with Crippen LogP contribution in [0.5, 0.6) is 0 Å². The smallest absolute Gasteiger partial charge is 0.435 e. The normalized spacial score (nSPS) is 12.9. The monoisotopic (exact) mass is 441 g/mol. The average molecular weight is 441 g/mol. The van der Waals surface area contributed by atoms with E-state index in [1.54, 1.807) is 34.6 Å². The molecule has 3 aromatic heterocycles. The van der Waals surface area contributed by atoms with Gasteiger partial charge in [-0.25, -0.2) is 14.2 Å². The predicted octanol–water partition coefficient (Wildman–Crippen LogP) is 4.66. The van der Waals surface area contributed by atoms with E-state index in [0.717, 1.165) is 16.8 Å². The highest BCUT2D eigenvalue weighted by Gasteiger charge is 2.36. The Bertz CT molecular complexity index is 1110. The maximum Gasteiger partial charge on any atom is 0.435 e. The molecule has 0 radical (unpaired) electrons. The minimum atomic E-state index is -4.69. The lowest BCUT2D eigenvalue weighted by molar-refractivity contribution is -0.141. The van der Waals surface area contributed by atoms with E-state index >= 15 is 0 Å². The second-order valence-corrected chi connectivity index (χ2v) is 8.82. The van der Waals surface area contributed by atoms with Gasteiger partial charge in [0, 0.05) is 24.2 Å². The van der Waals surface area contributed by atoms with Gasteiger partial charge in [0.05, 0.1) is 17.8 Å². The van der Waals surface area contributed by atoms with E-state index in [9.17, 15) is 22.4 Å². The summed E-state index contributed by atoms with van der Waals surface area (Å²) < 4.78 is 62.1. The molecule has 7 nitrogen and oxygen atoms in total. The molecule has 3 heterocycles. The third kappa shape index (κ3) is 5.33. The molecule has 0 saturated carbocycles. The van der Waals surface area contributed by atoms with Crippen LogP contribution in [0.25, 0.3) is 16.9 Å². The van der Waals surface area contributed by atoms with Gasteiger partial charge in [0.15, 0.2) is 17.2 Å². The minimum absolute atomic E-state index is 0.0425. The molecule has 0 saturated heterocycles. The zero-order valence-electron chi connectivity index (χ0n) is 17.7. The van der Waals surface area contributed by atoms with Crippen LogP contribution >= 0.6 is 0 Å². The molecule has 0 aliphatic heterocycles. The highest BCUT2D eigenvalue weighted by Crippen LogP contribution is 2.33. The van der Waals surface area contributed by atoms with Gasteiger partial charge in [-0.05, 0) is 46.8 Å². The van der Waals surface area contributed by atoms with Gasteiger partial charge >= 0.3 is 12.3 Å². The third-order valence-electron chi connectivity index (χ3n) is 4.19. The lowest BCUT2D eigenvalue weighted by Gasteiger charge is -2.29. The first-order valence-electron chi connectivity index (χ1n) is 9.43. The van der Waals surface area contributed by atoms with E-state index < -0.39 is 34.9 Å². The fourth-order valence-electron chi connectivity index (χ4n) is 3.03. The summed E-state index contributed by atoms with van der Waals surface area (Å²) in [6.07, 6.45) is -1.07. The molecule has 3 aromatic rings. The van der Waals surface area contributed by atoms with E-state index in [1.165, 1.54) is 23.0 Å². The minimum Gasteiger partial charge on any atom is -0.444 e. The zero-order chi connectivity index (χ0) is 23.2. The topological polar surface area (TPSA) is 73.5 Å². The van der Waals surface area contributed by atoms with Crippen LogP contribution < -0.4 is 5.32 Å². The Kier molecular flexibility index (Phi) is 5.49. The number of pyridine rings is 1. The van der Waals surface area contributed by atoms with Gasteiger partial charge in [-0.3, -0.25) is 4.68 Å². The van der Waals surface area contributed by atoms with E-state index in [4.69, 9.17) is 4.74 Å². The van der Waals surface area contributed by atoms with Crippen LogP contribution in [0, 0.1) is 5.82 Å². The molecule has 0 aliphatic carbocycles.